The first kappa shape index (κ1) is 28.0. The van der Waals surface area contributed by atoms with E-state index in [1.54, 1.807) is 18.2 Å². The van der Waals surface area contributed by atoms with Gasteiger partial charge in [-0.1, -0.05) is 177 Å². The fraction of sp³-hybridized carbons (Fsp3) is 0.0862. The highest BCUT2D eigenvalue weighted by Gasteiger charge is 2.31. The van der Waals surface area contributed by atoms with E-state index < -0.39 is 60.4 Å². The Morgan fingerprint density at radius 3 is 1.90 bits per heavy atom. The second kappa shape index (κ2) is 15.4. The standard InChI is InChI=1S/C58H46N4/c1-58(2,45-23-10-5-11-24-45)46-34-35-59-56(39-46)62-52-29-13-12-26-50(52)51-33-32-42(38-55(51)62)36-41-18-16-25-47(37-41)60-40-61(54-31-15-14-30-53(54)60)57-48(43-19-6-3-7-20-43)27-17-28-49(57)44-21-8-4-9-22-44/h3-35,37-39H,36,40H2,1-2H3/i3D,4D,6D,7D,8D,9D,19D,20D,21D,22D. The van der Waals surface area contributed by atoms with Gasteiger partial charge < -0.3 is 9.80 Å². The van der Waals surface area contributed by atoms with Gasteiger partial charge in [0.25, 0.3) is 0 Å². The summed E-state index contributed by atoms with van der Waals surface area (Å²) in [6, 6.07) is 46.0. The van der Waals surface area contributed by atoms with Gasteiger partial charge in [-0.3, -0.25) is 4.57 Å². The zero-order chi connectivity index (χ0) is 50.3. The Hall–Kier alpha value is -7.69. The largest absolute Gasteiger partial charge is 0.321 e. The lowest BCUT2D eigenvalue weighted by Crippen LogP contribution is -2.25. The number of fused-ring (bicyclic) bond motifs is 4. The van der Waals surface area contributed by atoms with Crippen LogP contribution in [0.15, 0.2) is 218 Å². The first-order valence-electron chi connectivity index (χ1n) is 25.7. The van der Waals surface area contributed by atoms with Gasteiger partial charge in [-0.2, -0.15) is 0 Å². The Bertz CT molecular complexity index is 3690. The van der Waals surface area contributed by atoms with Crippen LogP contribution in [0.4, 0.5) is 22.7 Å². The maximum atomic E-state index is 9.05. The Kier molecular flexibility index (Phi) is 6.95. The molecule has 11 rings (SSSR count). The Morgan fingerprint density at radius 2 is 1.16 bits per heavy atom. The molecule has 1 aliphatic heterocycles. The second-order valence-electron chi connectivity index (χ2n) is 16.1. The highest BCUT2D eigenvalue weighted by Crippen LogP contribution is 2.50. The van der Waals surface area contributed by atoms with Gasteiger partial charge in [0, 0.05) is 39.2 Å². The topological polar surface area (TPSA) is 24.3 Å². The van der Waals surface area contributed by atoms with E-state index in [0.717, 1.165) is 55.7 Å². The molecule has 0 saturated heterocycles. The van der Waals surface area contributed by atoms with Gasteiger partial charge in [-0.15, -0.1) is 0 Å². The molecule has 62 heavy (non-hydrogen) atoms. The zero-order valence-corrected chi connectivity index (χ0v) is 34.2. The van der Waals surface area contributed by atoms with Crippen molar-refractivity contribution in [3.63, 3.8) is 0 Å². The second-order valence-corrected chi connectivity index (χ2v) is 16.1. The zero-order valence-electron chi connectivity index (χ0n) is 44.2. The Labute approximate surface area is 377 Å². The molecule has 10 aromatic rings. The minimum Gasteiger partial charge on any atom is -0.321 e. The summed E-state index contributed by atoms with van der Waals surface area (Å²) in [5.41, 5.74) is 9.44. The number of benzene rings is 8. The van der Waals surface area contributed by atoms with Crippen LogP contribution in [-0.4, -0.2) is 16.2 Å². The van der Waals surface area contributed by atoms with Crippen LogP contribution >= 0.6 is 0 Å². The van der Waals surface area contributed by atoms with Crippen molar-refractivity contribution >= 4 is 44.6 Å². The van der Waals surface area contributed by atoms with E-state index in [2.05, 4.69) is 114 Å². The summed E-state index contributed by atoms with van der Waals surface area (Å²) in [5.74, 6) is 0.835. The van der Waals surface area contributed by atoms with E-state index in [-0.39, 0.29) is 34.3 Å². The van der Waals surface area contributed by atoms with Gasteiger partial charge >= 0.3 is 0 Å². The summed E-state index contributed by atoms with van der Waals surface area (Å²) in [6.07, 6.45) is 2.50. The number of aromatic nitrogens is 2. The van der Waals surface area contributed by atoms with Gasteiger partial charge in [-0.25, -0.2) is 4.98 Å². The maximum absolute atomic E-state index is 9.05. The van der Waals surface area contributed by atoms with Crippen LogP contribution in [0.2, 0.25) is 0 Å². The van der Waals surface area contributed by atoms with Crippen LogP contribution in [0.3, 0.4) is 0 Å². The molecule has 0 saturated carbocycles. The minimum atomic E-state index is -0.539. The van der Waals surface area contributed by atoms with Crippen LogP contribution < -0.4 is 9.80 Å². The number of para-hydroxylation sites is 4. The average Bonchev–Trinajstić information content (AvgIpc) is 3.95. The van der Waals surface area contributed by atoms with Crippen molar-refractivity contribution in [3.05, 3.63) is 241 Å². The number of hydrogen-bond donors (Lipinski definition) is 0. The Balaban J connectivity index is 1.01. The van der Waals surface area contributed by atoms with E-state index in [4.69, 9.17) is 18.7 Å². The minimum absolute atomic E-state index is 0.0707. The van der Waals surface area contributed by atoms with E-state index in [1.807, 2.05) is 53.6 Å². The molecular formula is C58H46N4. The third-order valence-electron chi connectivity index (χ3n) is 12.2. The van der Waals surface area contributed by atoms with Crippen LogP contribution in [0.1, 0.15) is 49.8 Å². The van der Waals surface area contributed by atoms with Crippen LogP contribution in [0.25, 0.3) is 49.9 Å². The number of pyridine rings is 1. The predicted molar refractivity (Wildman–Crippen MR) is 259 cm³/mol. The highest BCUT2D eigenvalue weighted by molar-refractivity contribution is 6.09. The molecule has 0 N–H and O–H groups in total. The lowest BCUT2D eigenvalue weighted by atomic mass is 9.78. The lowest BCUT2D eigenvalue weighted by Gasteiger charge is -2.27. The fourth-order valence-electron chi connectivity index (χ4n) is 9.03. The van der Waals surface area contributed by atoms with Crippen molar-refractivity contribution in [2.24, 2.45) is 0 Å². The molecule has 4 nitrogen and oxygen atoms in total. The van der Waals surface area contributed by atoms with E-state index in [9.17, 15) is 0 Å². The molecule has 1 aliphatic rings. The molecule has 4 heteroatoms. The summed E-state index contributed by atoms with van der Waals surface area (Å²) < 4.78 is 89.6. The molecule has 0 atom stereocenters. The molecule has 3 heterocycles. The van der Waals surface area contributed by atoms with E-state index in [1.165, 1.54) is 5.56 Å². The first-order valence-corrected chi connectivity index (χ1v) is 20.7. The van der Waals surface area contributed by atoms with Crippen molar-refractivity contribution in [2.45, 2.75) is 25.7 Å². The van der Waals surface area contributed by atoms with Crippen molar-refractivity contribution < 1.29 is 13.7 Å². The molecule has 0 bridgehead atoms. The van der Waals surface area contributed by atoms with Crippen LogP contribution in [0, 0.1) is 0 Å². The summed E-state index contributed by atoms with van der Waals surface area (Å²) in [4.78, 5) is 9.02. The molecule has 0 amide bonds. The molecule has 0 spiro atoms. The summed E-state index contributed by atoms with van der Waals surface area (Å²) >= 11 is 0. The van der Waals surface area contributed by atoms with Gasteiger partial charge in [0.15, 0.2) is 0 Å². The normalized spacial score (nSPS) is 14.9. The van der Waals surface area contributed by atoms with Crippen molar-refractivity contribution in [2.75, 3.05) is 16.5 Å². The Morgan fingerprint density at radius 1 is 0.532 bits per heavy atom. The predicted octanol–water partition coefficient (Wildman–Crippen LogP) is 14.7. The SMILES string of the molecule is [2H]c1c([2H])c([2H])c(-c2cccc(-c3c([2H])c([2H])c([2H])c([2H])c3[2H])c2N2CN(c3cccc(Cc4ccc5c6ccccc6n(-c6cc(C(C)(C)c7ccccc7)ccn6)c5c4)c3)c3ccccc32)c([2H])c1[2H]. The van der Waals surface area contributed by atoms with Gasteiger partial charge in [0.1, 0.15) is 12.5 Å². The number of nitrogens with zero attached hydrogens (tertiary/aromatic N) is 4. The fourth-order valence-corrected chi connectivity index (χ4v) is 9.03. The monoisotopic (exact) mass is 808 g/mol. The van der Waals surface area contributed by atoms with Crippen LogP contribution in [0.5, 0.6) is 0 Å². The molecular weight excluding hydrogens is 753 g/mol. The smallest absolute Gasteiger partial charge is 0.137 e. The van der Waals surface area contributed by atoms with E-state index in [0.29, 0.717) is 17.8 Å². The van der Waals surface area contributed by atoms with Crippen molar-refractivity contribution in [1.29, 1.82) is 0 Å². The molecule has 0 fully saturated rings. The lowest BCUT2D eigenvalue weighted by molar-refractivity contribution is 0.639. The quantitative estimate of drug-likeness (QED) is 0.145. The molecule has 298 valence electrons. The van der Waals surface area contributed by atoms with Gasteiger partial charge in [0.05, 0.1) is 41.8 Å². The van der Waals surface area contributed by atoms with Crippen molar-refractivity contribution in [3.8, 4) is 28.1 Å². The maximum Gasteiger partial charge on any atom is 0.137 e. The molecule has 0 aliphatic carbocycles. The molecule has 0 unspecified atom stereocenters. The average molecular weight is 809 g/mol. The number of anilines is 4. The number of rotatable bonds is 9. The van der Waals surface area contributed by atoms with E-state index >= 15 is 0 Å². The third-order valence-corrected chi connectivity index (χ3v) is 12.2. The molecule has 8 aromatic carbocycles. The van der Waals surface area contributed by atoms with Crippen molar-refractivity contribution in [1.82, 2.24) is 9.55 Å². The molecule has 2 aromatic heterocycles. The van der Waals surface area contributed by atoms with Gasteiger partial charge in [0.2, 0.25) is 0 Å². The first-order chi connectivity index (χ1) is 34.6. The third kappa shape index (κ3) is 6.52. The van der Waals surface area contributed by atoms with Gasteiger partial charge in [-0.05, 0) is 88.3 Å². The molecule has 0 radical (unpaired) electrons. The summed E-state index contributed by atoms with van der Waals surface area (Å²) in [7, 11) is 0. The summed E-state index contributed by atoms with van der Waals surface area (Å²) in [5, 5.41) is 2.26. The van der Waals surface area contributed by atoms with Crippen LogP contribution in [-0.2, 0) is 11.8 Å². The number of hydrogen-bond acceptors (Lipinski definition) is 3. The highest BCUT2D eigenvalue weighted by atomic mass is 15.4. The summed E-state index contributed by atoms with van der Waals surface area (Å²) in [6.45, 7) is 4.65.